The molecule has 1 aromatic rings. The van der Waals surface area contributed by atoms with Gasteiger partial charge in [0, 0.05) is 11.1 Å². The van der Waals surface area contributed by atoms with E-state index in [1.807, 2.05) is 13.8 Å². The number of rotatable bonds is 1. The quantitative estimate of drug-likeness (QED) is 0.754. The van der Waals surface area contributed by atoms with E-state index in [1.54, 1.807) is 30.0 Å². The molecule has 1 aliphatic rings. The van der Waals surface area contributed by atoms with Crippen molar-refractivity contribution in [3.05, 3.63) is 23.2 Å². The average molecular weight is 240 g/mol. The van der Waals surface area contributed by atoms with Gasteiger partial charge >= 0.3 is 0 Å². The van der Waals surface area contributed by atoms with E-state index < -0.39 is 6.10 Å². The number of anilines is 1. The Kier molecular flexibility index (Phi) is 2.80. The maximum atomic E-state index is 12.0. The van der Waals surface area contributed by atoms with Crippen LogP contribution in [0.25, 0.3) is 0 Å². The summed E-state index contributed by atoms with van der Waals surface area (Å²) in [6, 6.07) is 5.42. The Bertz CT molecular complexity index is 431. The number of hydrogen-bond donors (Lipinski definition) is 0. The van der Waals surface area contributed by atoms with Crippen LogP contribution in [0.1, 0.15) is 20.8 Å². The third-order valence-corrected chi connectivity index (χ3v) is 2.82. The first-order chi connectivity index (χ1) is 7.50. The molecule has 0 bridgehead atoms. The first-order valence-electron chi connectivity index (χ1n) is 5.30. The molecule has 1 unspecified atom stereocenters. The molecule has 1 amide bonds. The fourth-order valence-corrected chi connectivity index (χ4v) is 2.03. The van der Waals surface area contributed by atoms with Crippen LogP contribution < -0.4 is 9.64 Å². The molecule has 1 atom stereocenters. The molecule has 0 aliphatic carbocycles. The van der Waals surface area contributed by atoms with Crippen LogP contribution in [0.15, 0.2) is 18.2 Å². The van der Waals surface area contributed by atoms with Crippen LogP contribution in [0, 0.1) is 0 Å². The summed E-state index contributed by atoms with van der Waals surface area (Å²) in [4.78, 5) is 13.7. The number of halogens is 1. The Balaban J connectivity index is 2.53. The van der Waals surface area contributed by atoms with Crippen molar-refractivity contribution in [1.82, 2.24) is 0 Å². The number of carbonyl (C=O) groups is 1. The highest BCUT2D eigenvalue weighted by Crippen LogP contribution is 2.37. The summed E-state index contributed by atoms with van der Waals surface area (Å²) in [6.45, 7) is 5.70. The van der Waals surface area contributed by atoms with Crippen molar-refractivity contribution < 1.29 is 9.53 Å². The lowest BCUT2D eigenvalue weighted by molar-refractivity contribution is -0.125. The third-order valence-electron chi connectivity index (χ3n) is 2.59. The number of carbonyl (C=O) groups excluding carboxylic acids is 1. The number of nitrogens with zero attached hydrogens (tertiary/aromatic N) is 1. The summed E-state index contributed by atoms with van der Waals surface area (Å²) < 4.78 is 5.53. The fourth-order valence-electron chi connectivity index (χ4n) is 1.87. The van der Waals surface area contributed by atoms with Crippen LogP contribution in [-0.4, -0.2) is 18.1 Å². The third kappa shape index (κ3) is 1.76. The standard InChI is InChI=1S/C12H14ClNO2/c1-7(2)14-10-6-9(13)4-5-11(10)16-8(3)12(14)15/h4-8H,1-3H3. The summed E-state index contributed by atoms with van der Waals surface area (Å²) in [5.41, 5.74) is 0.755. The molecule has 1 aliphatic heterocycles. The van der Waals surface area contributed by atoms with Gasteiger partial charge in [0.25, 0.3) is 5.91 Å². The minimum absolute atomic E-state index is 0.0234. The van der Waals surface area contributed by atoms with E-state index in [0.29, 0.717) is 10.8 Å². The van der Waals surface area contributed by atoms with Crippen LogP contribution in [0.3, 0.4) is 0 Å². The molecule has 0 saturated heterocycles. The molecule has 2 rings (SSSR count). The lowest BCUT2D eigenvalue weighted by atomic mass is 10.1. The minimum atomic E-state index is -0.434. The molecule has 86 valence electrons. The maximum Gasteiger partial charge on any atom is 0.268 e. The molecule has 0 spiro atoms. The molecule has 0 radical (unpaired) electrons. The van der Waals surface area contributed by atoms with Crippen molar-refractivity contribution in [2.75, 3.05) is 4.90 Å². The summed E-state index contributed by atoms with van der Waals surface area (Å²) in [5, 5.41) is 0.607. The molecular weight excluding hydrogens is 226 g/mol. The Morgan fingerprint density at radius 1 is 1.44 bits per heavy atom. The maximum absolute atomic E-state index is 12.0. The number of fused-ring (bicyclic) bond motifs is 1. The second-order valence-corrected chi connectivity index (χ2v) is 4.61. The van der Waals surface area contributed by atoms with Gasteiger partial charge < -0.3 is 9.64 Å². The summed E-state index contributed by atoms with van der Waals surface area (Å²) in [7, 11) is 0. The van der Waals surface area contributed by atoms with E-state index in [4.69, 9.17) is 16.3 Å². The van der Waals surface area contributed by atoms with E-state index in [1.165, 1.54) is 0 Å². The molecule has 4 heteroatoms. The van der Waals surface area contributed by atoms with Gasteiger partial charge in [-0.3, -0.25) is 4.79 Å². The van der Waals surface area contributed by atoms with Crippen molar-refractivity contribution in [2.24, 2.45) is 0 Å². The predicted octanol–water partition coefficient (Wildman–Crippen LogP) is 2.86. The first-order valence-corrected chi connectivity index (χ1v) is 5.68. The van der Waals surface area contributed by atoms with Crippen LogP contribution in [0.4, 0.5) is 5.69 Å². The molecule has 16 heavy (non-hydrogen) atoms. The van der Waals surface area contributed by atoms with Crippen LogP contribution in [-0.2, 0) is 4.79 Å². The van der Waals surface area contributed by atoms with E-state index in [9.17, 15) is 4.79 Å². The SMILES string of the molecule is CC1Oc2ccc(Cl)cc2N(C(C)C)C1=O. The van der Waals surface area contributed by atoms with E-state index in [0.717, 1.165) is 5.69 Å². The van der Waals surface area contributed by atoms with Gasteiger partial charge in [0.1, 0.15) is 5.75 Å². The van der Waals surface area contributed by atoms with Gasteiger partial charge in [-0.05, 0) is 39.0 Å². The molecule has 0 N–H and O–H groups in total. The van der Waals surface area contributed by atoms with Gasteiger partial charge in [0.15, 0.2) is 6.10 Å². The topological polar surface area (TPSA) is 29.5 Å². The van der Waals surface area contributed by atoms with Crippen molar-refractivity contribution in [2.45, 2.75) is 32.9 Å². The Morgan fingerprint density at radius 3 is 2.75 bits per heavy atom. The van der Waals surface area contributed by atoms with Gasteiger partial charge in [-0.15, -0.1) is 0 Å². The lowest BCUT2D eigenvalue weighted by Crippen LogP contribution is -2.47. The fraction of sp³-hybridized carbons (Fsp3) is 0.417. The Labute approximate surface area is 100.0 Å². The highest BCUT2D eigenvalue weighted by molar-refractivity contribution is 6.31. The average Bonchev–Trinajstić information content (AvgIpc) is 2.20. The molecule has 0 saturated carbocycles. The van der Waals surface area contributed by atoms with Gasteiger partial charge in [-0.1, -0.05) is 11.6 Å². The normalized spacial score (nSPS) is 19.7. The molecule has 1 aromatic carbocycles. The van der Waals surface area contributed by atoms with Crippen molar-refractivity contribution in [3.8, 4) is 5.75 Å². The van der Waals surface area contributed by atoms with Crippen molar-refractivity contribution in [1.29, 1.82) is 0 Å². The summed E-state index contributed by atoms with van der Waals surface area (Å²) >= 11 is 5.94. The first kappa shape index (κ1) is 11.3. The highest BCUT2D eigenvalue weighted by Gasteiger charge is 2.32. The number of benzene rings is 1. The van der Waals surface area contributed by atoms with Crippen LogP contribution >= 0.6 is 11.6 Å². The van der Waals surface area contributed by atoms with Crippen LogP contribution in [0.5, 0.6) is 5.75 Å². The Morgan fingerprint density at radius 2 is 2.12 bits per heavy atom. The second kappa shape index (κ2) is 3.98. The zero-order chi connectivity index (χ0) is 11.9. The molecular formula is C12H14ClNO2. The second-order valence-electron chi connectivity index (χ2n) is 4.17. The van der Waals surface area contributed by atoms with Gasteiger partial charge in [-0.25, -0.2) is 0 Å². The Hall–Kier alpha value is -1.22. The molecule has 0 fully saturated rings. The minimum Gasteiger partial charge on any atom is -0.479 e. The molecule has 0 aromatic heterocycles. The predicted molar refractivity (Wildman–Crippen MR) is 64.2 cm³/mol. The smallest absolute Gasteiger partial charge is 0.268 e. The van der Waals surface area contributed by atoms with E-state index in [-0.39, 0.29) is 11.9 Å². The zero-order valence-corrected chi connectivity index (χ0v) is 10.3. The van der Waals surface area contributed by atoms with Crippen LogP contribution in [0.2, 0.25) is 5.02 Å². The largest absolute Gasteiger partial charge is 0.479 e. The van der Waals surface area contributed by atoms with Gasteiger partial charge in [0.05, 0.1) is 5.69 Å². The number of hydrogen-bond acceptors (Lipinski definition) is 2. The summed E-state index contributed by atoms with van der Waals surface area (Å²) in [6.07, 6.45) is -0.434. The van der Waals surface area contributed by atoms with E-state index in [2.05, 4.69) is 0 Å². The van der Waals surface area contributed by atoms with Gasteiger partial charge in [0.2, 0.25) is 0 Å². The van der Waals surface area contributed by atoms with Crippen molar-refractivity contribution in [3.63, 3.8) is 0 Å². The lowest BCUT2D eigenvalue weighted by Gasteiger charge is -2.35. The monoisotopic (exact) mass is 239 g/mol. The number of ether oxygens (including phenoxy) is 1. The zero-order valence-electron chi connectivity index (χ0n) is 9.53. The van der Waals surface area contributed by atoms with E-state index >= 15 is 0 Å². The number of amides is 1. The van der Waals surface area contributed by atoms with Gasteiger partial charge in [-0.2, -0.15) is 0 Å². The molecule has 1 heterocycles. The van der Waals surface area contributed by atoms with Crippen molar-refractivity contribution >= 4 is 23.2 Å². The summed E-state index contributed by atoms with van der Waals surface area (Å²) in [5.74, 6) is 0.690. The highest BCUT2D eigenvalue weighted by atomic mass is 35.5. The molecule has 3 nitrogen and oxygen atoms in total.